The van der Waals surface area contributed by atoms with E-state index in [0.29, 0.717) is 11.3 Å². The van der Waals surface area contributed by atoms with Gasteiger partial charge in [-0.25, -0.2) is 4.79 Å². The molecule has 0 saturated carbocycles. The van der Waals surface area contributed by atoms with Crippen LogP contribution in [0, 0.1) is 6.92 Å². The molecule has 0 spiro atoms. The van der Waals surface area contributed by atoms with Crippen molar-refractivity contribution in [2.45, 2.75) is 31.5 Å². The summed E-state index contributed by atoms with van der Waals surface area (Å²) in [6.07, 6.45) is -4.52. The van der Waals surface area contributed by atoms with Crippen molar-refractivity contribution in [3.63, 3.8) is 0 Å². The second-order valence-electron chi connectivity index (χ2n) is 5.23. The van der Waals surface area contributed by atoms with Gasteiger partial charge in [-0.3, -0.25) is 0 Å². The first-order valence-electron chi connectivity index (χ1n) is 6.83. The van der Waals surface area contributed by atoms with Crippen LogP contribution in [0.15, 0.2) is 33.5 Å². The third-order valence-corrected chi connectivity index (χ3v) is 3.67. The molecule has 1 aliphatic rings. The fourth-order valence-corrected chi connectivity index (χ4v) is 2.48. The van der Waals surface area contributed by atoms with E-state index in [1.54, 1.807) is 19.1 Å². The second kappa shape index (κ2) is 5.69. The largest absolute Gasteiger partial charge is 0.462 e. The lowest BCUT2D eigenvalue weighted by atomic mass is 10.1. The first-order valence-corrected chi connectivity index (χ1v) is 6.83. The van der Waals surface area contributed by atoms with Gasteiger partial charge in [0.1, 0.15) is 29.6 Å². The van der Waals surface area contributed by atoms with E-state index in [1.807, 2.05) is 0 Å². The highest BCUT2D eigenvalue weighted by molar-refractivity contribution is 5.81. The molecular formula is C15H16O7. The van der Waals surface area contributed by atoms with Gasteiger partial charge in [0.25, 0.3) is 0 Å². The third-order valence-electron chi connectivity index (χ3n) is 3.67. The molecule has 7 heteroatoms. The van der Waals surface area contributed by atoms with Gasteiger partial charge in [-0.1, -0.05) is 0 Å². The minimum atomic E-state index is -1.28. The van der Waals surface area contributed by atoms with Crippen molar-refractivity contribution in [1.82, 2.24) is 0 Å². The van der Waals surface area contributed by atoms with E-state index < -0.39 is 36.8 Å². The molecular weight excluding hydrogens is 292 g/mol. The van der Waals surface area contributed by atoms with Crippen molar-refractivity contribution in [1.29, 1.82) is 0 Å². The number of fused-ring (bicyclic) bond motifs is 1. The molecule has 2 heterocycles. The first-order chi connectivity index (χ1) is 10.5. The lowest BCUT2D eigenvalue weighted by Gasteiger charge is -2.17. The van der Waals surface area contributed by atoms with Gasteiger partial charge in [0.2, 0.25) is 6.29 Å². The molecule has 1 fully saturated rings. The van der Waals surface area contributed by atoms with E-state index in [0.717, 1.165) is 10.9 Å². The molecule has 0 amide bonds. The summed E-state index contributed by atoms with van der Waals surface area (Å²) in [4.78, 5) is 11.4. The van der Waals surface area contributed by atoms with Gasteiger partial charge in [-0.05, 0) is 24.6 Å². The molecule has 1 unspecified atom stereocenters. The third kappa shape index (κ3) is 2.59. The predicted molar refractivity (Wildman–Crippen MR) is 75.6 cm³/mol. The highest BCUT2D eigenvalue weighted by atomic mass is 16.7. The Kier molecular flexibility index (Phi) is 3.88. The summed E-state index contributed by atoms with van der Waals surface area (Å²) in [6, 6.07) is 6.28. The average molecular weight is 308 g/mol. The Hall–Kier alpha value is -1.93. The highest BCUT2D eigenvalue weighted by Crippen LogP contribution is 2.27. The van der Waals surface area contributed by atoms with Crippen LogP contribution >= 0.6 is 0 Å². The molecule has 4 atom stereocenters. The lowest BCUT2D eigenvalue weighted by molar-refractivity contribution is -0.116. The van der Waals surface area contributed by atoms with Crippen LogP contribution in [-0.2, 0) is 4.74 Å². The number of ether oxygens (including phenoxy) is 2. The van der Waals surface area contributed by atoms with Crippen molar-refractivity contribution >= 4 is 11.0 Å². The highest BCUT2D eigenvalue weighted by Gasteiger charge is 2.43. The van der Waals surface area contributed by atoms with Crippen LogP contribution in [0.1, 0.15) is 5.56 Å². The van der Waals surface area contributed by atoms with Gasteiger partial charge in [0, 0.05) is 17.5 Å². The number of hydrogen-bond acceptors (Lipinski definition) is 7. The lowest BCUT2D eigenvalue weighted by Crippen LogP contribution is -2.35. The average Bonchev–Trinajstić information content (AvgIpc) is 2.74. The van der Waals surface area contributed by atoms with Crippen LogP contribution in [-0.4, -0.2) is 46.5 Å². The maximum absolute atomic E-state index is 11.4. The molecule has 22 heavy (non-hydrogen) atoms. The summed E-state index contributed by atoms with van der Waals surface area (Å²) >= 11 is 0. The standard InChI is InChI=1S/C15H16O7/c1-7-4-12(17)21-10-5-8(2-3-9(7)10)20-15-14(19)13(18)11(6-16)22-15/h2-5,11,13-16,18-19H,6H2,1H3/t11-,13+,14-,15?/m1/s1. The van der Waals surface area contributed by atoms with Crippen molar-refractivity contribution in [3.05, 3.63) is 40.2 Å². The smallest absolute Gasteiger partial charge is 0.336 e. The van der Waals surface area contributed by atoms with E-state index in [9.17, 15) is 15.0 Å². The van der Waals surface area contributed by atoms with Gasteiger partial charge in [-0.2, -0.15) is 0 Å². The van der Waals surface area contributed by atoms with Crippen LogP contribution in [0.3, 0.4) is 0 Å². The second-order valence-corrected chi connectivity index (χ2v) is 5.23. The van der Waals surface area contributed by atoms with Crippen molar-refractivity contribution in [2.75, 3.05) is 6.61 Å². The molecule has 1 aromatic heterocycles. The molecule has 0 bridgehead atoms. The molecule has 0 aliphatic carbocycles. The summed E-state index contributed by atoms with van der Waals surface area (Å²) in [5, 5.41) is 29.3. The maximum Gasteiger partial charge on any atom is 0.336 e. The van der Waals surface area contributed by atoms with Crippen LogP contribution in [0.2, 0.25) is 0 Å². The van der Waals surface area contributed by atoms with Crippen LogP contribution in [0.4, 0.5) is 0 Å². The molecule has 3 rings (SSSR count). The molecule has 3 N–H and O–H groups in total. The zero-order chi connectivity index (χ0) is 15.9. The fourth-order valence-electron chi connectivity index (χ4n) is 2.48. The van der Waals surface area contributed by atoms with E-state index in [2.05, 4.69) is 0 Å². The number of hydrogen-bond donors (Lipinski definition) is 3. The normalized spacial score (nSPS) is 28.2. The number of benzene rings is 1. The SMILES string of the molecule is Cc1cc(=O)oc2cc(OC3O[C@H](CO)[C@H](O)[C@H]3O)ccc12. The summed E-state index contributed by atoms with van der Waals surface area (Å²) in [5.74, 6) is 0.316. The van der Waals surface area contributed by atoms with Crippen LogP contribution < -0.4 is 10.4 Å². The van der Waals surface area contributed by atoms with Gasteiger partial charge in [0.15, 0.2) is 0 Å². The topological polar surface area (TPSA) is 109 Å². The van der Waals surface area contributed by atoms with Crippen molar-refractivity contribution in [3.8, 4) is 5.75 Å². The number of rotatable bonds is 3. The summed E-state index contributed by atoms with van der Waals surface area (Å²) in [6.45, 7) is 1.37. The Labute approximate surface area is 125 Å². The van der Waals surface area contributed by atoms with Crippen molar-refractivity contribution < 1.29 is 29.2 Å². The van der Waals surface area contributed by atoms with E-state index in [4.69, 9.17) is 19.0 Å². The van der Waals surface area contributed by atoms with E-state index in [-0.39, 0.29) is 0 Å². The van der Waals surface area contributed by atoms with Gasteiger partial charge < -0.3 is 29.2 Å². The van der Waals surface area contributed by atoms with Crippen molar-refractivity contribution in [2.24, 2.45) is 0 Å². The van der Waals surface area contributed by atoms with Gasteiger partial charge >= 0.3 is 5.63 Å². The van der Waals surface area contributed by atoms with Crippen LogP contribution in [0.5, 0.6) is 5.75 Å². The monoisotopic (exact) mass is 308 g/mol. The van der Waals surface area contributed by atoms with Crippen LogP contribution in [0.25, 0.3) is 11.0 Å². The minimum absolute atomic E-state index is 0.316. The van der Waals surface area contributed by atoms with E-state index in [1.165, 1.54) is 12.1 Å². The number of aliphatic hydroxyl groups is 3. The quantitative estimate of drug-likeness (QED) is 0.680. The number of aryl methyl sites for hydroxylation is 1. The summed E-state index contributed by atoms with van der Waals surface area (Å²) in [5.41, 5.74) is 0.676. The van der Waals surface area contributed by atoms with Gasteiger partial charge in [-0.15, -0.1) is 0 Å². The number of aliphatic hydroxyl groups excluding tert-OH is 3. The zero-order valence-corrected chi connectivity index (χ0v) is 11.8. The zero-order valence-electron chi connectivity index (χ0n) is 11.8. The van der Waals surface area contributed by atoms with Gasteiger partial charge in [0.05, 0.1) is 6.61 Å². The molecule has 1 saturated heterocycles. The molecule has 7 nitrogen and oxygen atoms in total. The Morgan fingerprint density at radius 3 is 2.68 bits per heavy atom. The molecule has 1 aliphatic heterocycles. The molecule has 0 radical (unpaired) electrons. The maximum atomic E-state index is 11.4. The molecule has 2 aromatic rings. The Bertz CT molecular complexity index is 738. The first kappa shape index (κ1) is 15.0. The van der Waals surface area contributed by atoms with E-state index >= 15 is 0 Å². The minimum Gasteiger partial charge on any atom is -0.462 e. The predicted octanol–water partition coefficient (Wildman–Crippen LogP) is -0.0808. The Morgan fingerprint density at radius 2 is 2.00 bits per heavy atom. The Morgan fingerprint density at radius 1 is 1.23 bits per heavy atom. The summed E-state index contributed by atoms with van der Waals surface area (Å²) < 4.78 is 15.8. The molecule has 1 aromatic carbocycles. The molecule has 118 valence electrons. The fraction of sp³-hybridized carbons (Fsp3) is 0.400. The summed E-state index contributed by atoms with van der Waals surface area (Å²) in [7, 11) is 0. The Balaban J connectivity index is 1.87.